The van der Waals surface area contributed by atoms with Crippen LogP contribution in [0.3, 0.4) is 0 Å². The Kier molecular flexibility index (Phi) is 4.62. The first-order chi connectivity index (χ1) is 14.5. The van der Waals surface area contributed by atoms with Crippen molar-refractivity contribution in [3.8, 4) is 0 Å². The predicted molar refractivity (Wildman–Crippen MR) is 124 cm³/mol. The summed E-state index contributed by atoms with van der Waals surface area (Å²) in [4.78, 5) is 0. The van der Waals surface area contributed by atoms with Crippen LogP contribution in [0.4, 0.5) is 0 Å². The Labute approximate surface area is 187 Å². The molecule has 158 valence electrons. The van der Waals surface area contributed by atoms with Gasteiger partial charge in [0.15, 0.2) is 0 Å². The minimum absolute atomic E-state index is 0.275. The fourth-order valence-corrected chi connectivity index (χ4v) is 7.53. The van der Waals surface area contributed by atoms with Gasteiger partial charge in [-0.2, -0.15) is 0 Å². The lowest BCUT2D eigenvalue weighted by molar-refractivity contribution is -0.0252. The number of aliphatic hydroxyl groups is 1. The largest absolute Gasteiger partial charge is 0.390 e. The fraction of sp³-hybridized carbons (Fsp3) is 0.520. The van der Waals surface area contributed by atoms with Crippen molar-refractivity contribution in [1.29, 1.82) is 0 Å². The molecule has 1 atom stereocenters. The van der Waals surface area contributed by atoms with E-state index in [9.17, 15) is 5.11 Å². The third-order valence-corrected chi connectivity index (χ3v) is 8.40. The summed E-state index contributed by atoms with van der Waals surface area (Å²) in [7, 11) is 0. The average Bonchev–Trinajstić information content (AvgIpc) is 2.98. The van der Waals surface area contributed by atoms with E-state index >= 15 is 0 Å². The second kappa shape index (κ2) is 7.13. The molecule has 2 aromatic carbocycles. The molecule has 0 spiro atoms. The van der Waals surface area contributed by atoms with Gasteiger partial charge in [-0.05, 0) is 92.7 Å². The third kappa shape index (κ3) is 3.26. The van der Waals surface area contributed by atoms with Crippen LogP contribution in [-0.4, -0.2) is 27.9 Å². The number of nitrogens with zero attached hydrogens (tertiary/aromatic N) is 1. The van der Waals surface area contributed by atoms with E-state index in [1.165, 1.54) is 38.5 Å². The number of rotatable bonds is 5. The number of aliphatic hydroxyl groups excluding tert-OH is 1. The van der Waals surface area contributed by atoms with Gasteiger partial charge in [0.25, 0.3) is 0 Å². The van der Waals surface area contributed by atoms with Crippen LogP contribution in [0.25, 0.3) is 21.8 Å². The van der Waals surface area contributed by atoms with E-state index < -0.39 is 6.10 Å². The van der Waals surface area contributed by atoms with Gasteiger partial charge in [-0.25, -0.2) is 0 Å². The molecule has 30 heavy (non-hydrogen) atoms. The molecule has 2 N–H and O–H groups in total. The first-order valence-electron chi connectivity index (χ1n) is 11.3. The van der Waals surface area contributed by atoms with E-state index in [2.05, 4.69) is 9.88 Å². The number of hydrogen-bond acceptors (Lipinski definition) is 2. The number of aromatic nitrogens is 1. The van der Waals surface area contributed by atoms with Crippen molar-refractivity contribution in [2.75, 3.05) is 6.54 Å². The lowest BCUT2D eigenvalue weighted by atomic mass is 9.53. The van der Waals surface area contributed by atoms with E-state index in [1.807, 2.05) is 36.4 Å². The van der Waals surface area contributed by atoms with Crippen LogP contribution in [0.15, 0.2) is 36.4 Å². The SMILES string of the molecule is OC(CNC12CC3CC(CC(C3)C1)C2)Cn1c2ccc(Cl)cc2c2cc(Cl)ccc21. The Hall–Kier alpha value is -1.26. The maximum Gasteiger partial charge on any atom is 0.0843 e. The molecule has 7 rings (SSSR count). The molecule has 4 bridgehead atoms. The van der Waals surface area contributed by atoms with Crippen molar-refractivity contribution in [2.24, 2.45) is 17.8 Å². The molecule has 4 saturated carbocycles. The van der Waals surface area contributed by atoms with Crippen molar-refractivity contribution in [1.82, 2.24) is 9.88 Å². The van der Waals surface area contributed by atoms with Crippen molar-refractivity contribution >= 4 is 45.0 Å². The quantitative estimate of drug-likeness (QED) is 0.506. The number of β-amino-alcohol motifs (C(OH)–C–C–N with tert-alkyl or cyclic N) is 1. The summed E-state index contributed by atoms with van der Waals surface area (Å²) in [6, 6.07) is 11.9. The second-order valence-corrected chi connectivity index (χ2v) is 11.0. The summed E-state index contributed by atoms with van der Waals surface area (Å²) in [5.41, 5.74) is 2.45. The highest BCUT2D eigenvalue weighted by molar-refractivity contribution is 6.33. The zero-order valence-electron chi connectivity index (χ0n) is 17.1. The minimum Gasteiger partial charge on any atom is -0.390 e. The smallest absolute Gasteiger partial charge is 0.0843 e. The molecule has 0 saturated heterocycles. The molecule has 4 fully saturated rings. The molecule has 4 aliphatic carbocycles. The van der Waals surface area contributed by atoms with Crippen LogP contribution >= 0.6 is 23.2 Å². The number of benzene rings is 2. The zero-order valence-corrected chi connectivity index (χ0v) is 18.6. The summed E-state index contributed by atoms with van der Waals surface area (Å²) in [6.07, 6.45) is 7.79. The molecule has 5 heteroatoms. The molecule has 1 heterocycles. The Morgan fingerprint density at radius 3 is 1.90 bits per heavy atom. The van der Waals surface area contributed by atoms with E-state index in [4.69, 9.17) is 23.2 Å². The van der Waals surface area contributed by atoms with Gasteiger partial charge >= 0.3 is 0 Å². The molecular formula is C25H28Cl2N2O. The van der Waals surface area contributed by atoms with Crippen LogP contribution in [0.2, 0.25) is 10.0 Å². The molecule has 1 unspecified atom stereocenters. The highest BCUT2D eigenvalue weighted by Crippen LogP contribution is 2.55. The monoisotopic (exact) mass is 442 g/mol. The van der Waals surface area contributed by atoms with Crippen molar-refractivity contribution < 1.29 is 5.11 Å². The van der Waals surface area contributed by atoms with E-state index in [0.29, 0.717) is 23.1 Å². The maximum absolute atomic E-state index is 11.0. The Morgan fingerprint density at radius 1 is 0.900 bits per heavy atom. The third-order valence-electron chi connectivity index (χ3n) is 7.93. The Bertz CT molecular complexity index is 1030. The van der Waals surface area contributed by atoms with E-state index in [-0.39, 0.29) is 5.54 Å². The Balaban J connectivity index is 1.25. The number of fused-ring (bicyclic) bond motifs is 3. The average molecular weight is 443 g/mol. The van der Waals surface area contributed by atoms with Gasteiger partial charge in [0.05, 0.1) is 12.6 Å². The van der Waals surface area contributed by atoms with Crippen molar-refractivity contribution in [3.05, 3.63) is 46.4 Å². The first kappa shape index (κ1) is 19.4. The second-order valence-electron chi connectivity index (χ2n) is 10.2. The molecule has 0 amide bonds. The zero-order chi connectivity index (χ0) is 20.5. The molecule has 4 aliphatic rings. The van der Waals surface area contributed by atoms with Crippen LogP contribution in [0.1, 0.15) is 38.5 Å². The summed E-state index contributed by atoms with van der Waals surface area (Å²) in [6.45, 7) is 1.21. The molecule has 0 aliphatic heterocycles. The van der Waals surface area contributed by atoms with E-state index in [0.717, 1.165) is 39.6 Å². The highest BCUT2D eigenvalue weighted by Gasteiger charge is 2.50. The molecule has 3 aromatic rings. The fourth-order valence-electron chi connectivity index (χ4n) is 7.18. The molecule has 0 radical (unpaired) electrons. The minimum atomic E-state index is -0.442. The lowest BCUT2D eigenvalue weighted by Crippen LogP contribution is -2.59. The van der Waals surface area contributed by atoms with Crippen molar-refractivity contribution in [3.63, 3.8) is 0 Å². The number of hydrogen-bond donors (Lipinski definition) is 2. The van der Waals surface area contributed by atoms with Gasteiger partial charge in [0.1, 0.15) is 0 Å². The number of halogens is 2. The summed E-state index contributed by atoms with van der Waals surface area (Å²) in [5, 5.41) is 18.5. The summed E-state index contributed by atoms with van der Waals surface area (Å²) < 4.78 is 2.21. The normalized spacial score (nSPS) is 31.1. The summed E-state index contributed by atoms with van der Waals surface area (Å²) >= 11 is 12.5. The first-order valence-corrected chi connectivity index (χ1v) is 12.0. The molecule has 3 nitrogen and oxygen atoms in total. The summed E-state index contributed by atoms with van der Waals surface area (Å²) in [5.74, 6) is 2.73. The maximum atomic E-state index is 11.0. The van der Waals surface area contributed by atoms with Gasteiger partial charge < -0.3 is 15.0 Å². The van der Waals surface area contributed by atoms with Gasteiger partial charge in [-0.15, -0.1) is 0 Å². The Morgan fingerprint density at radius 2 is 1.40 bits per heavy atom. The highest BCUT2D eigenvalue weighted by atomic mass is 35.5. The van der Waals surface area contributed by atoms with Crippen molar-refractivity contribution in [2.45, 2.75) is 56.7 Å². The topological polar surface area (TPSA) is 37.2 Å². The van der Waals surface area contributed by atoms with Gasteiger partial charge in [0.2, 0.25) is 0 Å². The van der Waals surface area contributed by atoms with Gasteiger partial charge in [-0.3, -0.25) is 0 Å². The standard InChI is InChI=1S/C25H28Cl2N2O/c26-18-1-3-23-21(8-18)22-9-19(27)2-4-24(22)29(23)14-20(30)13-28-25-10-15-5-16(11-25)7-17(6-15)12-25/h1-4,8-9,15-17,20,28,30H,5-7,10-14H2. The van der Waals surface area contributed by atoms with Crippen LogP contribution in [-0.2, 0) is 6.54 Å². The van der Waals surface area contributed by atoms with E-state index in [1.54, 1.807) is 0 Å². The number of nitrogens with one attached hydrogen (secondary N) is 1. The van der Waals surface area contributed by atoms with Gasteiger partial charge in [0, 0.05) is 43.9 Å². The van der Waals surface area contributed by atoms with Crippen LogP contribution in [0.5, 0.6) is 0 Å². The molecule has 1 aromatic heterocycles. The van der Waals surface area contributed by atoms with Gasteiger partial charge in [-0.1, -0.05) is 23.2 Å². The predicted octanol–water partition coefficient (Wildman–Crippen LogP) is 6.02. The van der Waals surface area contributed by atoms with Crippen LogP contribution < -0.4 is 5.32 Å². The lowest BCUT2D eigenvalue weighted by Gasteiger charge is -2.57. The van der Waals surface area contributed by atoms with Crippen LogP contribution in [0, 0.1) is 17.8 Å². The molecular weight excluding hydrogens is 415 g/mol.